The van der Waals surface area contributed by atoms with Gasteiger partial charge in [0.05, 0.1) is 13.3 Å². The van der Waals surface area contributed by atoms with Gasteiger partial charge in [0.1, 0.15) is 5.76 Å². The minimum Gasteiger partial charge on any atom is -0.497 e. The van der Waals surface area contributed by atoms with Crippen molar-refractivity contribution >= 4 is 0 Å². The number of hydrogen-bond donors (Lipinski definition) is 2. The Morgan fingerprint density at radius 2 is 1.88 bits per heavy atom. The van der Waals surface area contributed by atoms with Gasteiger partial charge in [-0.05, 0) is 32.4 Å². The van der Waals surface area contributed by atoms with Gasteiger partial charge in [-0.1, -0.05) is 56.9 Å². The minimum atomic E-state index is -0.0856. The molecule has 142 valence electrons. The summed E-state index contributed by atoms with van der Waals surface area (Å²) in [5.74, 6) is 0.789. The van der Waals surface area contributed by atoms with Crippen molar-refractivity contribution < 1.29 is 4.74 Å². The average molecular weight is 348 g/mol. The number of hydrogen-bond acceptors (Lipinski definition) is 4. The molecule has 0 spiro atoms. The van der Waals surface area contributed by atoms with Crippen LogP contribution in [0.5, 0.6) is 0 Å². The fraction of sp³-hybridized carbons (Fsp3) is 0.429. The summed E-state index contributed by atoms with van der Waals surface area (Å²) >= 11 is 0. The number of rotatable bonds is 10. The second-order valence-corrected chi connectivity index (χ2v) is 5.19. The van der Waals surface area contributed by atoms with Crippen molar-refractivity contribution in [1.82, 2.24) is 4.90 Å². The van der Waals surface area contributed by atoms with E-state index in [0.29, 0.717) is 5.76 Å². The van der Waals surface area contributed by atoms with E-state index in [1.165, 1.54) is 0 Å². The van der Waals surface area contributed by atoms with Crippen molar-refractivity contribution in [2.45, 2.75) is 40.3 Å². The molecule has 0 fully saturated rings. The number of allylic oxidation sites excluding steroid dienone is 8. The van der Waals surface area contributed by atoms with Crippen molar-refractivity contribution in [2.75, 3.05) is 14.2 Å². The largest absolute Gasteiger partial charge is 0.497 e. The summed E-state index contributed by atoms with van der Waals surface area (Å²) in [6.07, 6.45) is 18.2. The zero-order valence-corrected chi connectivity index (χ0v) is 16.8. The van der Waals surface area contributed by atoms with Crippen LogP contribution in [0.15, 0.2) is 72.8 Å². The van der Waals surface area contributed by atoms with Gasteiger partial charge in [0.2, 0.25) is 0 Å². The molecule has 0 radical (unpaired) electrons. The highest BCUT2D eigenvalue weighted by Gasteiger charge is 2.08. The van der Waals surface area contributed by atoms with Crippen molar-refractivity contribution in [2.24, 2.45) is 17.4 Å². The maximum atomic E-state index is 6.24. The van der Waals surface area contributed by atoms with Gasteiger partial charge in [-0.25, -0.2) is 0 Å². The Morgan fingerprint density at radius 3 is 2.36 bits per heavy atom. The first-order valence-corrected chi connectivity index (χ1v) is 8.73. The lowest BCUT2D eigenvalue weighted by atomic mass is 10.0. The SMILES string of the molecule is C=C/C(=C\C=C\C(C/C=C/C=C\C)/C(N)=C/N(C)C(C)N)OC.CC. The van der Waals surface area contributed by atoms with Crippen LogP contribution in [0.3, 0.4) is 0 Å². The van der Waals surface area contributed by atoms with E-state index in [1.54, 1.807) is 13.2 Å². The third-order valence-electron chi connectivity index (χ3n) is 3.29. The molecule has 0 aliphatic heterocycles. The summed E-state index contributed by atoms with van der Waals surface area (Å²) in [6, 6.07) is 0. The van der Waals surface area contributed by atoms with E-state index in [1.807, 2.05) is 82.3 Å². The Hall–Kier alpha value is -2.20. The highest BCUT2D eigenvalue weighted by Crippen LogP contribution is 2.15. The highest BCUT2D eigenvalue weighted by atomic mass is 16.5. The molecule has 2 unspecified atom stereocenters. The summed E-state index contributed by atoms with van der Waals surface area (Å²) in [6.45, 7) is 11.6. The molecule has 0 saturated heterocycles. The van der Waals surface area contributed by atoms with Crippen LogP contribution in [0.25, 0.3) is 0 Å². The first-order chi connectivity index (χ1) is 12.0. The average Bonchev–Trinajstić information content (AvgIpc) is 2.61. The maximum Gasteiger partial charge on any atom is 0.118 e. The monoisotopic (exact) mass is 347 g/mol. The van der Waals surface area contributed by atoms with Gasteiger partial charge in [0.25, 0.3) is 0 Å². The number of nitrogens with two attached hydrogens (primary N) is 2. The first-order valence-electron chi connectivity index (χ1n) is 8.73. The Kier molecular flexibility index (Phi) is 16.7. The molecule has 0 heterocycles. The summed E-state index contributed by atoms with van der Waals surface area (Å²) in [4.78, 5) is 1.89. The molecule has 2 atom stereocenters. The summed E-state index contributed by atoms with van der Waals surface area (Å²) in [5, 5.41) is 0. The van der Waals surface area contributed by atoms with Gasteiger partial charge in [-0.15, -0.1) is 0 Å². The number of methoxy groups -OCH3 is 1. The molecule has 0 aliphatic rings. The predicted octanol–water partition coefficient (Wildman–Crippen LogP) is 4.46. The number of nitrogens with zero attached hydrogens (tertiary/aromatic N) is 1. The van der Waals surface area contributed by atoms with Gasteiger partial charge in [-0.3, -0.25) is 0 Å². The van der Waals surface area contributed by atoms with Crippen LogP contribution in [0.2, 0.25) is 0 Å². The van der Waals surface area contributed by atoms with Gasteiger partial charge in [-0.2, -0.15) is 0 Å². The molecule has 0 aromatic rings. The zero-order chi connectivity index (χ0) is 19.7. The van der Waals surface area contributed by atoms with E-state index >= 15 is 0 Å². The molecule has 0 saturated carbocycles. The Balaban J connectivity index is 0. The first kappa shape index (κ1) is 25.0. The highest BCUT2D eigenvalue weighted by molar-refractivity contribution is 5.20. The van der Waals surface area contributed by atoms with Crippen LogP contribution in [-0.4, -0.2) is 25.2 Å². The topological polar surface area (TPSA) is 64.5 Å². The van der Waals surface area contributed by atoms with Crippen molar-refractivity contribution in [3.63, 3.8) is 0 Å². The number of ether oxygens (including phenoxy) is 1. The van der Waals surface area contributed by atoms with Crippen LogP contribution in [0.1, 0.15) is 34.1 Å². The normalized spacial score (nSPS) is 15.2. The summed E-state index contributed by atoms with van der Waals surface area (Å²) in [5.41, 5.74) is 12.9. The molecule has 0 aromatic carbocycles. The Labute approximate surface area is 154 Å². The molecule has 4 heteroatoms. The quantitative estimate of drug-likeness (QED) is 0.348. The fourth-order valence-corrected chi connectivity index (χ4v) is 1.69. The molecule has 0 aliphatic carbocycles. The van der Waals surface area contributed by atoms with Crippen LogP contribution >= 0.6 is 0 Å². The molecule has 25 heavy (non-hydrogen) atoms. The van der Waals surface area contributed by atoms with Gasteiger partial charge in [0.15, 0.2) is 0 Å². The van der Waals surface area contributed by atoms with Gasteiger partial charge in [0, 0.05) is 24.9 Å². The molecule has 0 amide bonds. The molecule has 0 aromatic heterocycles. The predicted molar refractivity (Wildman–Crippen MR) is 112 cm³/mol. The maximum absolute atomic E-state index is 6.24. The van der Waals surface area contributed by atoms with Crippen molar-refractivity contribution in [1.29, 1.82) is 0 Å². The Bertz CT molecular complexity index is 485. The van der Waals surface area contributed by atoms with E-state index in [2.05, 4.69) is 12.7 Å². The van der Waals surface area contributed by atoms with E-state index in [-0.39, 0.29) is 12.1 Å². The van der Waals surface area contributed by atoms with Crippen LogP contribution in [0, 0.1) is 5.92 Å². The minimum absolute atomic E-state index is 0.0804. The lowest BCUT2D eigenvalue weighted by Crippen LogP contribution is -2.33. The smallest absolute Gasteiger partial charge is 0.118 e. The van der Waals surface area contributed by atoms with Gasteiger partial charge < -0.3 is 21.1 Å². The molecular formula is C21H37N3O. The van der Waals surface area contributed by atoms with Crippen molar-refractivity contribution in [3.8, 4) is 0 Å². The second kappa shape index (κ2) is 16.7. The fourth-order valence-electron chi connectivity index (χ4n) is 1.69. The third kappa shape index (κ3) is 12.8. The second-order valence-electron chi connectivity index (χ2n) is 5.19. The molecule has 4 nitrogen and oxygen atoms in total. The Morgan fingerprint density at radius 1 is 1.24 bits per heavy atom. The van der Waals surface area contributed by atoms with E-state index in [9.17, 15) is 0 Å². The van der Waals surface area contributed by atoms with Crippen molar-refractivity contribution in [3.05, 3.63) is 72.8 Å². The molecule has 0 bridgehead atoms. The van der Waals surface area contributed by atoms with Crippen LogP contribution in [0.4, 0.5) is 0 Å². The van der Waals surface area contributed by atoms with E-state index < -0.39 is 0 Å². The van der Waals surface area contributed by atoms with Gasteiger partial charge >= 0.3 is 0 Å². The molecular weight excluding hydrogens is 310 g/mol. The summed E-state index contributed by atoms with van der Waals surface area (Å²) in [7, 11) is 3.53. The lowest BCUT2D eigenvalue weighted by molar-refractivity contribution is 0.307. The standard InChI is InChI=1S/C19H31N3O.C2H6/c1-6-8-9-10-12-17(13-11-14-18(7-2)23-5)19(21)15-22(4)16(3)20;1-2/h6-11,13-17H,2,12,20-21H2,1,3-5H3;1-2H3/b8-6-,10-9+,13-11+,18-14+,19-15-;. The summed E-state index contributed by atoms with van der Waals surface area (Å²) < 4.78 is 5.15. The van der Waals surface area contributed by atoms with Crippen LogP contribution in [-0.2, 0) is 4.74 Å². The van der Waals surface area contributed by atoms with E-state index in [0.717, 1.165) is 12.1 Å². The van der Waals surface area contributed by atoms with Crippen LogP contribution < -0.4 is 11.5 Å². The zero-order valence-electron chi connectivity index (χ0n) is 16.8. The third-order valence-corrected chi connectivity index (χ3v) is 3.29. The lowest BCUT2D eigenvalue weighted by Gasteiger charge is -2.21. The molecule has 0 rings (SSSR count). The van der Waals surface area contributed by atoms with E-state index in [4.69, 9.17) is 16.2 Å². The molecule has 4 N–H and O–H groups in total.